The molecular weight excluding hydrogens is 451 g/mol. The van der Waals surface area contributed by atoms with Crippen LogP contribution >= 0.6 is 11.6 Å². The van der Waals surface area contributed by atoms with Crippen LogP contribution in [0.2, 0.25) is 5.02 Å². The van der Waals surface area contributed by atoms with Gasteiger partial charge in [0.25, 0.3) is 0 Å². The summed E-state index contributed by atoms with van der Waals surface area (Å²) < 4.78 is 32.6. The number of fused-ring (bicyclic) bond motifs is 2. The number of aromatic nitrogens is 2. The molecule has 7 nitrogen and oxygen atoms in total. The molecule has 1 aliphatic carbocycles. The van der Waals surface area contributed by atoms with Crippen molar-refractivity contribution in [2.24, 2.45) is 13.0 Å². The summed E-state index contributed by atoms with van der Waals surface area (Å²) in [5.74, 6) is -0.642. The fraction of sp³-hybridized carbons (Fsp3) is 0.333. The van der Waals surface area contributed by atoms with E-state index in [4.69, 9.17) is 25.8 Å². The number of hydrogen-bond acceptors (Lipinski definition) is 6. The molecule has 9 heteroatoms. The second-order valence-corrected chi connectivity index (χ2v) is 8.75. The lowest BCUT2D eigenvalue weighted by Gasteiger charge is -2.40. The average molecular weight is 473 g/mol. The van der Waals surface area contributed by atoms with Crippen LogP contribution in [0, 0.1) is 11.7 Å². The van der Waals surface area contributed by atoms with Gasteiger partial charge in [0.1, 0.15) is 34.0 Å². The normalized spacial score (nSPS) is 23.3. The van der Waals surface area contributed by atoms with Crippen molar-refractivity contribution in [1.82, 2.24) is 9.78 Å². The number of aliphatic hydroxyl groups is 1. The van der Waals surface area contributed by atoms with Crippen molar-refractivity contribution in [3.05, 3.63) is 58.0 Å². The minimum absolute atomic E-state index is 0.114. The highest BCUT2D eigenvalue weighted by Gasteiger charge is 2.62. The van der Waals surface area contributed by atoms with Crippen LogP contribution in [0.5, 0.6) is 17.2 Å². The van der Waals surface area contributed by atoms with Crippen molar-refractivity contribution in [1.29, 1.82) is 0 Å². The largest absolute Gasteiger partial charge is 0.496 e. The van der Waals surface area contributed by atoms with Crippen molar-refractivity contribution < 1.29 is 28.5 Å². The quantitative estimate of drug-likeness (QED) is 0.617. The molecule has 33 heavy (non-hydrogen) atoms. The first-order valence-electron chi connectivity index (χ1n) is 10.4. The first-order chi connectivity index (χ1) is 15.7. The van der Waals surface area contributed by atoms with E-state index >= 15 is 0 Å². The van der Waals surface area contributed by atoms with Gasteiger partial charge < -0.3 is 19.3 Å². The van der Waals surface area contributed by atoms with Crippen molar-refractivity contribution in [2.45, 2.75) is 25.0 Å². The average Bonchev–Trinajstić information content (AvgIpc) is 3.28. The van der Waals surface area contributed by atoms with Crippen molar-refractivity contribution in [2.75, 3.05) is 14.2 Å². The molecule has 1 aliphatic heterocycles. The predicted molar refractivity (Wildman–Crippen MR) is 119 cm³/mol. The molecule has 1 N–H and O–H groups in total. The first kappa shape index (κ1) is 21.7. The van der Waals surface area contributed by atoms with Crippen LogP contribution in [0.1, 0.15) is 34.6 Å². The molecule has 172 valence electrons. The Morgan fingerprint density at radius 3 is 2.67 bits per heavy atom. The van der Waals surface area contributed by atoms with Crippen LogP contribution in [0.25, 0.3) is 11.3 Å². The molecule has 0 bridgehead atoms. The number of halogens is 2. The highest BCUT2D eigenvalue weighted by atomic mass is 35.5. The topological polar surface area (TPSA) is 82.8 Å². The van der Waals surface area contributed by atoms with Crippen molar-refractivity contribution in [3.8, 4) is 28.5 Å². The lowest BCUT2D eigenvalue weighted by Crippen LogP contribution is -2.54. The van der Waals surface area contributed by atoms with Crippen LogP contribution in [-0.4, -0.2) is 40.5 Å². The summed E-state index contributed by atoms with van der Waals surface area (Å²) in [6, 6.07) is 7.55. The number of rotatable bonds is 3. The number of aliphatic hydroxyl groups excluding tert-OH is 1. The van der Waals surface area contributed by atoms with Gasteiger partial charge in [-0.05, 0) is 18.6 Å². The number of ether oxygens (including phenoxy) is 3. The Kier molecular flexibility index (Phi) is 4.91. The number of nitrogens with zero attached hydrogens (tertiary/aromatic N) is 2. The molecule has 2 aliphatic rings. The number of carbonyl (C=O) groups is 1. The molecule has 3 aromatic rings. The lowest BCUT2D eigenvalue weighted by molar-refractivity contribution is -0.0634. The number of Topliss-reactive ketones (excluding diaryl/α,β-unsaturated/α-hetero) is 1. The van der Waals surface area contributed by atoms with Crippen molar-refractivity contribution >= 4 is 17.4 Å². The van der Waals surface area contributed by atoms with Crippen LogP contribution in [-0.2, 0) is 13.5 Å². The maximum atomic E-state index is 14.0. The standard InChI is InChI=1S/C24H22ClFN2O5/c1-11-8-14-17(20(28(2)27-14)12-6-5-7-13(26)9-12)22(29)24(11)23(30)18-15(31-3)10-16(32-4)19(25)21(18)33-24/h5-7,9-11,22,29H,8H2,1-4H3/t11-,22?,24+/m1/s1. The summed E-state index contributed by atoms with van der Waals surface area (Å²) in [6.45, 7) is 1.82. The molecule has 2 aromatic carbocycles. The summed E-state index contributed by atoms with van der Waals surface area (Å²) in [5, 5.41) is 16.4. The number of hydrogen-bond donors (Lipinski definition) is 1. The molecule has 0 fully saturated rings. The molecule has 0 saturated carbocycles. The minimum Gasteiger partial charge on any atom is -0.496 e. The van der Waals surface area contributed by atoms with Gasteiger partial charge in [-0.25, -0.2) is 4.39 Å². The predicted octanol–water partition coefficient (Wildman–Crippen LogP) is 4.14. The number of benzene rings is 2. The van der Waals surface area contributed by atoms with E-state index in [1.54, 1.807) is 23.9 Å². The number of aryl methyl sites for hydroxylation is 1. The zero-order valence-corrected chi connectivity index (χ0v) is 19.2. The SMILES string of the molecule is COc1cc(OC)c2c(c1Cl)O[C@]1(C2=O)C(O)c2c(nn(C)c2-c2cccc(F)c2)C[C@H]1C. The van der Waals surface area contributed by atoms with E-state index in [2.05, 4.69) is 5.10 Å². The fourth-order valence-electron chi connectivity index (χ4n) is 5.06. The molecule has 2 heterocycles. The van der Waals surface area contributed by atoms with Gasteiger partial charge in [0.15, 0.2) is 5.75 Å². The van der Waals surface area contributed by atoms with Crippen LogP contribution in [0.15, 0.2) is 30.3 Å². The molecular formula is C24H22ClFN2O5. The number of carbonyl (C=O) groups excluding carboxylic acids is 1. The lowest BCUT2D eigenvalue weighted by atomic mass is 9.69. The summed E-state index contributed by atoms with van der Waals surface area (Å²) >= 11 is 6.50. The van der Waals surface area contributed by atoms with E-state index < -0.39 is 29.2 Å². The third-order valence-electron chi connectivity index (χ3n) is 6.61. The number of ketones is 1. The summed E-state index contributed by atoms with van der Waals surface area (Å²) in [4.78, 5) is 13.9. The fourth-order valence-corrected chi connectivity index (χ4v) is 5.33. The maximum Gasteiger partial charge on any atom is 0.217 e. The monoisotopic (exact) mass is 472 g/mol. The van der Waals surface area contributed by atoms with E-state index in [0.29, 0.717) is 28.9 Å². The first-order valence-corrected chi connectivity index (χ1v) is 10.8. The summed E-state index contributed by atoms with van der Waals surface area (Å²) in [6.07, 6.45) is -1.01. The molecule has 5 rings (SSSR count). The molecule has 1 aromatic heterocycles. The Labute approximate surface area is 194 Å². The summed E-state index contributed by atoms with van der Waals surface area (Å²) in [7, 11) is 4.60. The Morgan fingerprint density at radius 2 is 2.00 bits per heavy atom. The Balaban J connectivity index is 1.71. The molecule has 0 amide bonds. The zero-order chi connectivity index (χ0) is 23.7. The van der Waals surface area contributed by atoms with Crippen LogP contribution < -0.4 is 14.2 Å². The van der Waals surface area contributed by atoms with E-state index in [0.717, 1.165) is 0 Å². The van der Waals surface area contributed by atoms with Gasteiger partial charge in [0.2, 0.25) is 11.4 Å². The molecule has 0 radical (unpaired) electrons. The molecule has 1 spiro atoms. The maximum absolute atomic E-state index is 14.0. The second-order valence-electron chi connectivity index (χ2n) is 8.37. The smallest absolute Gasteiger partial charge is 0.217 e. The highest BCUT2D eigenvalue weighted by Crippen LogP contribution is 2.57. The van der Waals surface area contributed by atoms with E-state index in [-0.39, 0.29) is 27.8 Å². The summed E-state index contributed by atoms with van der Waals surface area (Å²) in [5.41, 5.74) is 0.633. The highest BCUT2D eigenvalue weighted by molar-refractivity contribution is 6.35. The molecule has 0 saturated heterocycles. The van der Waals surface area contributed by atoms with Crippen LogP contribution in [0.4, 0.5) is 4.39 Å². The second kappa shape index (κ2) is 7.46. The van der Waals surface area contributed by atoms with E-state index in [1.807, 2.05) is 6.92 Å². The Hall–Kier alpha value is -3.10. The Bertz CT molecular complexity index is 1310. The van der Waals surface area contributed by atoms with Gasteiger partial charge >= 0.3 is 0 Å². The Morgan fingerprint density at radius 1 is 1.27 bits per heavy atom. The van der Waals surface area contributed by atoms with E-state index in [9.17, 15) is 14.3 Å². The third kappa shape index (κ3) is 2.83. The zero-order valence-electron chi connectivity index (χ0n) is 18.5. The van der Waals surface area contributed by atoms with Gasteiger partial charge in [-0.1, -0.05) is 30.7 Å². The van der Waals surface area contributed by atoms with Crippen molar-refractivity contribution in [3.63, 3.8) is 0 Å². The molecule has 3 atom stereocenters. The van der Waals surface area contributed by atoms with Gasteiger partial charge in [0.05, 0.1) is 25.6 Å². The van der Waals surface area contributed by atoms with Gasteiger partial charge in [0, 0.05) is 30.2 Å². The molecule has 1 unspecified atom stereocenters. The minimum atomic E-state index is -1.65. The van der Waals surface area contributed by atoms with E-state index in [1.165, 1.54) is 32.4 Å². The van der Waals surface area contributed by atoms with Gasteiger partial charge in [-0.15, -0.1) is 0 Å². The van der Waals surface area contributed by atoms with Crippen LogP contribution in [0.3, 0.4) is 0 Å². The third-order valence-corrected chi connectivity index (χ3v) is 6.97. The van der Waals surface area contributed by atoms with Gasteiger partial charge in [-0.3, -0.25) is 9.48 Å². The van der Waals surface area contributed by atoms with Gasteiger partial charge in [-0.2, -0.15) is 5.10 Å². The number of methoxy groups -OCH3 is 2.